The van der Waals surface area contributed by atoms with Crippen LogP contribution in [-0.4, -0.2) is 17.1 Å². The van der Waals surface area contributed by atoms with Gasteiger partial charge < -0.3 is 9.30 Å². The Labute approximate surface area is 103 Å². The third-order valence-corrected chi connectivity index (χ3v) is 2.88. The van der Waals surface area contributed by atoms with Gasteiger partial charge in [0.15, 0.2) is 0 Å². The van der Waals surface area contributed by atoms with Crippen molar-refractivity contribution in [2.75, 3.05) is 6.61 Å². The van der Waals surface area contributed by atoms with Crippen LogP contribution >= 0.6 is 0 Å². The topological polar surface area (TPSA) is 31.2 Å². The summed E-state index contributed by atoms with van der Waals surface area (Å²) >= 11 is 0. The Morgan fingerprint density at radius 2 is 2.17 bits per heavy atom. The molecule has 1 aliphatic carbocycles. The minimum absolute atomic E-state index is 0.0595. The fourth-order valence-corrected chi connectivity index (χ4v) is 1.89. The second-order valence-corrected chi connectivity index (χ2v) is 4.39. The standard InChI is InChI=1S/C12H14F3NO2/c1-2-18-11(17)9-5-6-16(7-8-3-4-8)10(9)12(13,14)15/h5-6,8H,2-4,7H2,1H3. The third kappa shape index (κ3) is 2.68. The van der Waals surface area contributed by atoms with Crippen molar-refractivity contribution in [3.8, 4) is 0 Å². The van der Waals surface area contributed by atoms with Crippen molar-refractivity contribution < 1.29 is 22.7 Å². The molecule has 0 saturated heterocycles. The first-order valence-electron chi connectivity index (χ1n) is 5.87. The number of hydrogen-bond donors (Lipinski definition) is 0. The molecule has 100 valence electrons. The zero-order valence-electron chi connectivity index (χ0n) is 9.96. The van der Waals surface area contributed by atoms with Crippen molar-refractivity contribution in [3.05, 3.63) is 23.5 Å². The summed E-state index contributed by atoms with van der Waals surface area (Å²) in [6.07, 6.45) is -1.33. The normalized spacial score (nSPS) is 15.8. The second-order valence-electron chi connectivity index (χ2n) is 4.39. The SMILES string of the molecule is CCOC(=O)c1ccn(CC2CC2)c1C(F)(F)F. The van der Waals surface area contributed by atoms with E-state index in [1.807, 2.05) is 0 Å². The minimum Gasteiger partial charge on any atom is -0.462 e. The summed E-state index contributed by atoms with van der Waals surface area (Å²) in [4.78, 5) is 11.5. The van der Waals surface area contributed by atoms with E-state index in [9.17, 15) is 18.0 Å². The summed E-state index contributed by atoms with van der Waals surface area (Å²) in [6, 6.07) is 1.18. The number of aromatic nitrogens is 1. The molecule has 0 unspecified atom stereocenters. The van der Waals surface area contributed by atoms with Crippen LogP contribution in [0.3, 0.4) is 0 Å². The molecule has 6 heteroatoms. The van der Waals surface area contributed by atoms with E-state index in [0.29, 0.717) is 12.5 Å². The fraction of sp³-hybridized carbons (Fsp3) is 0.583. The molecule has 0 spiro atoms. The van der Waals surface area contributed by atoms with Gasteiger partial charge >= 0.3 is 12.1 Å². The van der Waals surface area contributed by atoms with Gasteiger partial charge in [-0.3, -0.25) is 0 Å². The van der Waals surface area contributed by atoms with Crippen molar-refractivity contribution in [2.45, 2.75) is 32.5 Å². The molecule has 2 rings (SSSR count). The van der Waals surface area contributed by atoms with Crippen LogP contribution in [0.1, 0.15) is 35.8 Å². The predicted molar refractivity (Wildman–Crippen MR) is 58.1 cm³/mol. The Hall–Kier alpha value is -1.46. The van der Waals surface area contributed by atoms with Gasteiger partial charge in [0.2, 0.25) is 0 Å². The molecule has 0 amide bonds. The van der Waals surface area contributed by atoms with Crippen LogP contribution in [0.25, 0.3) is 0 Å². The average molecular weight is 261 g/mol. The Bertz CT molecular complexity index is 447. The summed E-state index contributed by atoms with van der Waals surface area (Å²) in [5.41, 5.74) is -1.29. The molecule has 0 radical (unpaired) electrons. The van der Waals surface area contributed by atoms with Crippen LogP contribution in [0.5, 0.6) is 0 Å². The molecule has 0 atom stereocenters. The third-order valence-electron chi connectivity index (χ3n) is 2.88. The number of rotatable bonds is 4. The first-order chi connectivity index (χ1) is 8.43. The zero-order valence-corrected chi connectivity index (χ0v) is 9.96. The number of ether oxygens (including phenoxy) is 1. The largest absolute Gasteiger partial charge is 0.462 e. The first-order valence-corrected chi connectivity index (χ1v) is 5.87. The van der Waals surface area contributed by atoms with E-state index in [-0.39, 0.29) is 6.61 Å². The fourth-order valence-electron chi connectivity index (χ4n) is 1.89. The number of esters is 1. The highest BCUT2D eigenvalue weighted by molar-refractivity contribution is 5.91. The second kappa shape index (κ2) is 4.66. The van der Waals surface area contributed by atoms with E-state index in [4.69, 9.17) is 0 Å². The van der Waals surface area contributed by atoms with Crippen molar-refractivity contribution in [2.24, 2.45) is 5.92 Å². The lowest BCUT2D eigenvalue weighted by atomic mass is 10.2. The molecule has 0 aliphatic heterocycles. The Kier molecular flexibility index (Phi) is 3.36. The molecule has 0 bridgehead atoms. The maximum absolute atomic E-state index is 13.0. The van der Waals surface area contributed by atoms with Gasteiger partial charge in [-0.1, -0.05) is 0 Å². The number of halogens is 3. The molecule has 0 N–H and O–H groups in total. The van der Waals surface area contributed by atoms with Crippen LogP contribution in [0, 0.1) is 5.92 Å². The van der Waals surface area contributed by atoms with E-state index in [1.54, 1.807) is 6.92 Å². The Morgan fingerprint density at radius 3 is 2.67 bits per heavy atom. The molecule has 1 heterocycles. The van der Waals surface area contributed by atoms with E-state index in [2.05, 4.69) is 4.74 Å². The van der Waals surface area contributed by atoms with E-state index in [1.165, 1.54) is 12.3 Å². The van der Waals surface area contributed by atoms with Gasteiger partial charge in [-0.25, -0.2) is 4.79 Å². The summed E-state index contributed by atoms with van der Waals surface area (Å²) in [5, 5.41) is 0. The monoisotopic (exact) mass is 261 g/mol. The maximum Gasteiger partial charge on any atom is 0.432 e. The molecular weight excluding hydrogens is 247 g/mol. The van der Waals surface area contributed by atoms with Gasteiger partial charge in [-0.05, 0) is 31.7 Å². The van der Waals surface area contributed by atoms with Crippen molar-refractivity contribution in [3.63, 3.8) is 0 Å². The lowest BCUT2D eigenvalue weighted by Crippen LogP contribution is -2.19. The first kappa shape index (κ1) is 13.0. The molecule has 1 aromatic rings. The Morgan fingerprint density at radius 1 is 1.50 bits per heavy atom. The molecule has 18 heavy (non-hydrogen) atoms. The van der Waals surface area contributed by atoms with E-state index in [0.717, 1.165) is 17.4 Å². The van der Waals surface area contributed by atoms with Gasteiger partial charge in [0.1, 0.15) is 5.69 Å². The summed E-state index contributed by atoms with van der Waals surface area (Å²) in [5.74, 6) is -0.618. The molecule has 1 aromatic heterocycles. The molecule has 1 saturated carbocycles. The van der Waals surface area contributed by atoms with Crippen LogP contribution < -0.4 is 0 Å². The van der Waals surface area contributed by atoms with Crippen molar-refractivity contribution in [1.29, 1.82) is 0 Å². The van der Waals surface area contributed by atoms with Crippen molar-refractivity contribution >= 4 is 5.97 Å². The zero-order chi connectivity index (χ0) is 13.3. The van der Waals surface area contributed by atoms with Gasteiger partial charge in [0, 0.05) is 12.7 Å². The molecule has 1 aliphatic rings. The predicted octanol–water partition coefficient (Wildman–Crippen LogP) is 3.09. The summed E-state index contributed by atoms with van der Waals surface area (Å²) in [7, 11) is 0. The summed E-state index contributed by atoms with van der Waals surface area (Å²) in [6.45, 7) is 1.94. The van der Waals surface area contributed by atoms with Crippen molar-refractivity contribution in [1.82, 2.24) is 4.57 Å². The number of hydrogen-bond acceptors (Lipinski definition) is 2. The molecule has 1 fully saturated rings. The van der Waals surface area contributed by atoms with Crippen LogP contribution in [-0.2, 0) is 17.5 Å². The molecule has 0 aromatic carbocycles. The lowest BCUT2D eigenvalue weighted by molar-refractivity contribution is -0.144. The number of alkyl halides is 3. The lowest BCUT2D eigenvalue weighted by Gasteiger charge is -2.13. The van der Waals surface area contributed by atoms with Crippen LogP contribution in [0.15, 0.2) is 12.3 Å². The number of carbonyl (C=O) groups excluding carboxylic acids is 1. The maximum atomic E-state index is 13.0. The van der Waals surface area contributed by atoms with Crippen LogP contribution in [0.4, 0.5) is 13.2 Å². The molecular formula is C12H14F3NO2. The van der Waals surface area contributed by atoms with Gasteiger partial charge in [0.05, 0.1) is 12.2 Å². The Balaban J connectivity index is 2.33. The van der Waals surface area contributed by atoms with Gasteiger partial charge in [0.25, 0.3) is 0 Å². The summed E-state index contributed by atoms with van der Waals surface area (Å²) < 4.78 is 44.7. The molecule has 3 nitrogen and oxygen atoms in total. The number of nitrogens with zero attached hydrogens (tertiary/aromatic N) is 1. The van der Waals surface area contributed by atoms with Gasteiger partial charge in [-0.2, -0.15) is 13.2 Å². The highest BCUT2D eigenvalue weighted by atomic mass is 19.4. The van der Waals surface area contributed by atoms with E-state index < -0.39 is 23.4 Å². The smallest absolute Gasteiger partial charge is 0.432 e. The number of carbonyl (C=O) groups is 1. The van der Waals surface area contributed by atoms with Gasteiger partial charge in [-0.15, -0.1) is 0 Å². The van der Waals surface area contributed by atoms with E-state index >= 15 is 0 Å². The average Bonchev–Trinajstić information content (AvgIpc) is 2.94. The highest BCUT2D eigenvalue weighted by Gasteiger charge is 2.40. The van der Waals surface area contributed by atoms with Crippen LogP contribution in [0.2, 0.25) is 0 Å². The highest BCUT2D eigenvalue weighted by Crippen LogP contribution is 2.37. The quantitative estimate of drug-likeness (QED) is 0.780. The minimum atomic E-state index is -4.54.